The van der Waals surface area contributed by atoms with Crippen LogP contribution in [0.25, 0.3) is 6.08 Å². The van der Waals surface area contributed by atoms with E-state index in [2.05, 4.69) is 28.4 Å². The number of amides is 2. The Morgan fingerprint density at radius 2 is 2.10 bits per heavy atom. The number of nitrogens with zero attached hydrogens (tertiary/aromatic N) is 3. The molecule has 4 atom stereocenters. The first-order valence-corrected chi connectivity index (χ1v) is 12.6. The zero-order valence-corrected chi connectivity index (χ0v) is 21.7. The van der Waals surface area contributed by atoms with Gasteiger partial charge in [-0.15, -0.1) is 0 Å². The van der Waals surface area contributed by atoms with Crippen molar-refractivity contribution in [2.24, 2.45) is 17.3 Å². The fourth-order valence-corrected chi connectivity index (χ4v) is 5.84. The van der Waals surface area contributed by atoms with Gasteiger partial charge >= 0.3 is 6.18 Å². The molecule has 1 saturated heterocycles. The Labute approximate surface area is 223 Å². The number of aryl methyl sites for hydroxylation is 1. The predicted octanol–water partition coefficient (Wildman–Crippen LogP) is 4.45. The molecule has 11 heteroatoms. The third-order valence-corrected chi connectivity index (χ3v) is 8.08. The highest BCUT2D eigenvalue weighted by Gasteiger charge is 2.69. The van der Waals surface area contributed by atoms with E-state index in [1.165, 1.54) is 4.90 Å². The van der Waals surface area contributed by atoms with Crippen molar-refractivity contribution in [2.75, 3.05) is 11.9 Å². The molecule has 0 spiro atoms. The Balaban J connectivity index is 1.30. The van der Waals surface area contributed by atoms with Crippen LogP contribution in [0.2, 0.25) is 0 Å². The fraction of sp³-hybridized carbons (Fsp3) is 0.429. The van der Waals surface area contributed by atoms with Gasteiger partial charge < -0.3 is 20.1 Å². The number of alkyl halides is 3. The molecule has 2 aliphatic heterocycles. The summed E-state index contributed by atoms with van der Waals surface area (Å²) in [5, 5.41) is 18.9. The largest absolute Gasteiger partial charge is 0.436 e. The third kappa shape index (κ3) is 4.91. The van der Waals surface area contributed by atoms with Crippen LogP contribution in [-0.4, -0.2) is 40.5 Å². The van der Waals surface area contributed by atoms with Crippen LogP contribution in [0.15, 0.2) is 46.6 Å². The summed E-state index contributed by atoms with van der Waals surface area (Å²) < 4.78 is 43.4. The number of aromatic nitrogens is 1. The van der Waals surface area contributed by atoms with Crippen LogP contribution in [0.3, 0.4) is 0 Å². The number of likely N-dealkylation sites (tertiary alicyclic amines) is 1. The standard InChI is InChI=1S/C28H28F3N5O3/c1-14-5-6-21-17(7-14)8-16(15(2)33-21)9-18(12-32)34-26(38)25-24-20(27(24,3)4)13-36(25)23(37)11-19-10-22(35-39-19)28(29,30)31/h5-8,10,18,20,24-25,33H,2,9,11,13H2,1,3-4H3,(H,34,38)/t18-,20?,24?,25-/m0/s1. The summed E-state index contributed by atoms with van der Waals surface area (Å²) in [5.41, 5.74) is 2.95. The summed E-state index contributed by atoms with van der Waals surface area (Å²) in [6.45, 7) is 10.4. The van der Waals surface area contributed by atoms with Crippen LogP contribution in [0.4, 0.5) is 18.9 Å². The maximum absolute atomic E-state index is 13.5. The van der Waals surface area contributed by atoms with E-state index in [-0.39, 0.29) is 29.4 Å². The number of fused-ring (bicyclic) bond motifs is 2. The normalized spacial score (nSPS) is 23.6. The monoisotopic (exact) mass is 539 g/mol. The van der Waals surface area contributed by atoms with Crippen LogP contribution in [-0.2, 0) is 22.2 Å². The number of piperidine rings is 1. The maximum atomic E-state index is 13.5. The van der Waals surface area contributed by atoms with Crippen LogP contribution >= 0.6 is 0 Å². The molecule has 3 heterocycles. The molecule has 1 aliphatic carbocycles. The van der Waals surface area contributed by atoms with Gasteiger partial charge in [-0.25, -0.2) is 0 Å². The lowest BCUT2D eigenvalue weighted by atomic mass is 9.95. The molecule has 3 aliphatic rings. The Hall–Kier alpha value is -4.07. The highest BCUT2D eigenvalue weighted by atomic mass is 19.4. The van der Waals surface area contributed by atoms with E-state index in [4.69, 9.17) is 4.52 Å². The minimum absolute atomic E-state index is 0.0722. The van der Waals surface area contributed by atoms with E-state index in [0.29, 0.717) is 18.3 Å². The van der Waals surface area contributed by atoms with E-state index >= 15 is 0 Å². The molecule has 204 valence electrons. The number of allylic oxidation sites excluding steroid dienone is 1. The van der Waals surface area contributed by atoms with Gasteiger partial charge in [-0.2, -0.15) is 18.4 Å². The van der Waals surface area contributed by atoms with Gasteiger partial charge in [0.15, 0.2) is 5.69 Å². The predicted molar refractivity (Wildman–Crippen MR) is 136 cm³/mol. The number of carbonyl (C=O) groups excluding carboxylic acids is 2. The average molecular weight is 540 g/mol. The van der Waals surface area contributed by atoms with Crippen molar-refractivity contribution in [1.82, 2.24) is 15.4 Å². The summed E-state index contributed by atoms with van der Waals surface area (Å²) in [7, 11) is 0. The zero-order chi connectivity index (χ0) is 28.3. The lowest BCUT2D eigenvalue weighted by Crippen LogP contribution is -2.52. The molecular formula is C28H28F3N5O3. The van der Waals surface area contributed by atoms with Gasteiger partial charge in [0.25, 0.3) is 0 Å². The topological polar surface area (TPSA) is 111 Å². The van der Waals surface area contributed by atoms with Gasteiger partial charge in [-0.3, -0.25) is 9.59 Å². The lowest BCUT2D eigenvalue weighted by molar-refractivity contribution is -0.142. The third-order valence-electron chi connectivity index (χ3n) is 8.08. The number of nitriles is 1. The minimum atomic E-state index is -4.69. The molecule has 2 aromatic rings. The number of carbonyl (C=O) groups is 2. The number of nitrogens with one attached hydrogen (secondary N) is 2. The van der Waals surface area contributed by atoms with Gasteiger partial charge in [-0.05, 0) is 53.5 Å². The van der Waals surface area contributed by atoms with Gasteiger partial charge in [0.1, 0.15) is 17.8 Å². The molecule has 2 unspecified atom stereocenters. The SMILES string of the molecule is C=C1Nc2ccc(C)cc2C=C1C[C@@H](C#N)NC(=O)[C@@H]1C2C(CN1C(=O)Cc1cc(C(F)(F)F)no1)C2(C)C. The fourth-order valence-electron chi connectivity index (χ4n) is 5.84. The Kier molecular flexibility index (Phi) is 6.32. The molecular weight excluding hydrogens is 511 g/mol. The summed E-state index contributed by atoms with van der Waals surface area (Å²) >= 11 is 0. The van der Waals surface area contributed by atoms with E-state index in [1.54, 1.807) is 0 Å². The van der Waals surface area contributed by atoms with Gasteiger partial charge in [0.2, 0.25) is 11.8 Å². The second kappa shape index (κ2) is 9.29. The van der Waals surface area contributed by atoms with Crippen LogP contribution in [0.1, 0.15) is 42.8 Å². The molecule has 2 N–H and O–H groups in total. The first kappa shape index (κ1) is 26.5. The van der Waals surface area contributed by atoms with Crippen molar-refractivity contribution < 1.29 is 27.3 Å². The van der Waals surface area contributed by atoms with Crippen molar-refractivity contribution in [2.45, 2.75) is 51.9 Å². The molecule has 1 aromatic carbocycles. The zero-order valence-electron chi connectivity index (χ0n) is 21.7. The van der Waals surface area contributed by atoms with E-state index in [9.17, 15) is 28.0 Å². The molecule has 0 radical (unpaired) electrons. The maximum Gasteiger partial charge on any atom is 0.436 e. The van der Waals surface area contributed by atoms with Crippen LogP contribution in [0.5, 0.6) is 0 Å². The molecule has 2 amide bonds. The van der Waals surface area contributed by atoms with Gasteiger partial charge in [0, 0.05) is 30.4 Å². The minimum Gasteiger partial charge on any atom is -0.360 e. The number of hydrogen-bond donors (Lipinski definition) is 2. The smallest absolute Gasteiger partial charge is 0.360 e. The van der Waals surface area contributed by atoms with Crippen LogP contribution in [0, 0.1) is 35.5 Å². The molecule has 2 fully saturated rings. The van der Waals surface area contributed by atoms with Gasteiger partial charge in [-0.1, -0.05) is 37.2 Å². The molecule has 1 aromatic heterocycles. The summed E-state index contributed by atoms with van der Waals surface area (Å²) in [4.78, 5) is 28.0. The number of benzene rings is 1. The molecule has 39 heavy (non-hydrogen) atoms. The van der Waals surface area contributed by atoms with Crippen molar-refractivity contribution in [3.05, 3.63) is 64.7 Å². The molecule has 1 saturated carbocycles. The van der Waals surface area contributed by atoms with Gasteiger partial charge in [0.05, 0.1) is 12.5 Å². The van der Waals surface area contributed by atoms with E-state index in [0.717, 1.165) is 22.4 Å². The van der Waals surface area contributed by atoms with Crippen LogP contribution < -0.4 is 10.6 Å². The first-order chi connectivity index (χ1) is 18.3. The highest BCUT2D eigenvalue weighted by Crippen LogP contribution is 2.64. The van der Waals surface area contributed by atoms with Crippen molar-refractivity contribution in [1.29, 1.82) is 5.26 Å². The van der Waals surface area contributed by atoms with Crippen molar-refractivity contribution in [3.63, 3.8) is 0 Å². The average Bonchev–Trinajstić information content (AvgIpc) is 3.26. The quantitative estimate of drug-likeness (QED) is 0.561. The number of hydrogen-bond acceptors (Lipinski definition) is 6. The lowest BCUT2D eigenvalue weighted by Gasteiger charge is -2.31. The number of halogens is 3. The van der Waals surface area contributed by atoms with Crippen molar-refractivity contribution >= 4 is 23.6 Å². The Bertz CT molecular complexity index is 1430. The van der Waals surface area contributed by atoms with Crippen molar-refractivity contribution in [3.8, 4) is 6.07 Å². The molecule has 5 rings (SSSR count). The highest BCUT2D eigenvalue weighted by molar-refractivity contribution is 5.90. The summed E-state index contributed by atoms with van der Waals surface area (Å²) in [5.74, 6) is -1.28. The Morgan fingerprint density at radius 1 is 1.36 bits per heavy atom. The molecule has 0 bridgehead atoms. The van der Waals surface area contributed by atoms with E-state index in [1.807, 2.05) is 45.0 Å². The first-order valence-electron chi connectivity index (χ1n) is 12.6. The number of anilines is 1. The number of rotatable bonds is 6. The second-order valence-corrected chi connectivity index (χ2v) is 11.1. The summed E-state index contributed by atoms with van der Waals surface area (Å²) in [6, 6.07) is 7.05. The Morgan fingerprint density at radius 3 is 2.77 bits per heavy atom. The van der Waals surface area contributed by atoms with E-state index < -0.39 is 42.2 Å². The molecule has 8 nitrogen and oxygen atoms in total. The summed E-state index contributed by atoms with van der Waals surface area (Å²) in [6.07, 6.45) is -2.99. The second-order valence-electron chi connectivity index (χ2n) is 11.1.